The average Bonchev–Trinajstić information content (AvgIpc) is 3.05. The second-order valence-corrected chi connectivity index (χ2v) is 6.26. The Balaban J connectivity index is 2.06. The molecule has 0 aliphatic carbocycles. The van der Waals surface area contributed by atoms with Gasteiger partial charge < -0.3 is 16.0 Å². The van der Waals surface area contributed by atoms with E-state index in [2.05, 4.69) is 5.32 Å². The molecule has 1 heterocycles. The molecule has 1 aromatic carbocycles. The topological polar surface area (TPSA) is 119 Å². The fraction of sp³-hybridized carbons (Fsp3) is 0.429. The van der Waals surface area contributed by atoms with Crippen molar-refractivity contribution in [2.75, 3.05) is 25.9 Å². The fourth-order valence-electron chi connectivity index (χ4n) is 2.35. The van der Waals surface area contributed by atoms with Gasteiger partial charge >= 0.3 is 0 Å². The first-order valence-corrected chi connectivity index (χ1v) is 8.06. The van der Waals surface area contributed by atoms with Gasteiger partial charge in [0.05, 0.1) is 15.6 Å². The molecule has 2 amide bonds. The zero-order chi connectivity index (χ0) is 17.0. The van der Waals surface area contributed by atoms with Crippen molar-refractivity contribution in [1.82, 2.24) is 10.2 Å². The second kappa shape index (κ2) is 7.42. The van der Waals surface area contributed by atoms with Crippen LogP contribution in [0.5, 0.6) is 0 Å². The number of primary amides is 1. The van der Waals surface area contributed by atoms with E-state index in [0.29, 0.717) is 4.90 Å². The smallest absolute Gasteiger partial charge is 0.283 e. The van der Waals surface area contributed by atoms with Gasteiger partial charge in [-0.1, -0.05) is 0 Å². The minimum Gasteiger partial charge on any atom is -0.366 e. The highest BCUT2D eigenvalue weighted by molar-refractivity contribution is 8.00. The molecule has 3 N–H and O–H groups in total. The predicted molar refractivity (Wildman–Crippen MR) is 86.4 cm³/mol. The number of nitro groups is 1. The third-order valence-corrected chi connectivity index (χ3v) is 4.81. The Kier molecular flexibility index (Phi) is 5.56. The summed E-state index contributed by atoms with van der Waals surface area (Å²) in [5.74, 6) is -0.713. The van der Waals surface area contributed by atoms with E-state index >= 15 is 0 Å². The summed E-state index contributed by atoms with van der Waals surface area (Å²) < 4.78 is 0. The minimum absolute atomic E-state index is 0.0709. The molecule has 124 valence electrons. The number of hydrogen-bond acceptors (Lipinski definition) is 6. The molecule has 1 atom stereocenters. The Labute approximate surface area is 137 Å². The summed E-state index contributed by atoms with van der Waals surface area (Å²) in [6.07, 6.45) is 0.903. The largest absolute Gasteiger partial charge is 0.366 e. The van der Waals surface area contributed by atoms with E-state index in [0.717, 1.165) is 37.3 Å². The van der Waals surface area contributed by atoms with E-state index in [9.17, 15) is 19.7 Å². The number of amides is 2. The third kappa shape index (κ3) is 4.20. The van der Waals surface area contributed by atoms with Crippen molar-refractivity contribution in [3.05, 3.63) is 33.9 Å². The van der Waals surface area contributed by atoms with Crippen LogP contribution in [-0.4, -0.2) is 53.6 Å². The lowest BCUT2D eigenvalue weighted by molar-refractivity contribution is -0.387. The van der Waals surface area contributed by atoms with Gasteiger partial charge in [0.15, 0.2) is 0 Å². The number of nitrogens with one attached hydrogen (secondary N) is 1. The maximum atomic E-state index is 12.2. The molecule has 1 aromatic rings. The third-order valence-electron chi connectivity index (χ3n) is 3.77. The van der Waals surface area contributed by atoms with Gasteiger partial charge in [-0.3, -0.25) is 19.7 Å². The van der Waals surface area contributed by atoms with Gasteiger partial charge in [-0.25, -0.2) is 0 Å². The number of carbonyl (C=O) groups is 2. The van der Waals surface area contributed by atoms with Crippen molar-refractivity contribution in [3.63, 3.8) is 0 Å². The number of hydrogen-bond donors (Lipinski definition) is 2. The maximum absolute atomic E-state index is 12.2. The van der Waals surface area contributed by atoms with Crippen molar-refractivity contribution in [1.29, 1.82) is 0 Å². The molecule has 1 unspecified atom stereocenters. The van der Waals surface area contributed by atoms with Gasteiger partial charge in [0, 0.05) is 31.3 Å². The highest BCUT2D eigenvalue weighted by Gasteiger charge is 2.24. The van der Waals surface area contributed by atoms with Crippen LogP contribution < -0.4 is 11.1 Å². The van der Waals surface area contributed by atoms with E-state index in [1.54, 1.807) is 11.9 Å². The Morgan fingerprint density at radius 2 is 2.26 bits per heavy atom. The summed E-state index contributed by atoms with van der Waals surface area (Å²) in [7, 11) is 1.74. The molecule has 1 aliphatic rings. The number of benzene rings is 1. The molecule has 23 heavy (non-hydrogen) atoms. The van der Waals surface area contributed by atoms with Gasteiger partial charge in [-0.15, -0.1) is 11.8 Å². The average molecular weight is 338 g/mol. The lowest BCUT2D eigenvalue weighted by Crippen LogP contribution is -2.39. The van der Waals surface area contributed by atoms with E-state index in [-0.39, 0.29) is 29.0 Å². The van der Waals surface area contributed by atoms with Gasteiger partial charge in [0.2, 0.25) is 11.8 Å². The molecule has 0 aromatic heterocycles. The van der Waals surface area contributed by atoms with Gasteiger partial charge in [-0.2, -0.15) is 0 Å². The number of nitro benzene ring substituents is 1. The van der Waals surface area contributed by atoms with Crippen molar-refractivity contribution in [2.45, 2.75) is 17.4 Å². The highest BCUT2D eigenvalue weighted by Crippen LogP contribution is 2.30. The molecule has 0 radical (unpaired) electrons. The summed E-state index contributed by atoms with van der Waals surface area (Å²) in [5, 5.41) is 14.3. The van der Waals surface area contributed by atoms with Crippen LogP contribution in [0.15, 0.2) is 23.1 Å². The first-order valence-electron chi connectivity index (χ1n) is 7.07. The summed E-state index contributed by atoms with van der Waals surface area (Å²) in [5.41, 5.74) is 4.98. The Hall–Kier alpha value is -2.13. The van der Waals surface area contributed by atoms with Crippen LogP contribution in [-0.2, 0) is 4.79 Å². The maximum Gasteiger partial charge on any atom is 0.283 e. The predicted octanol–water partition coefficient (Wildman–Crippen LogP) is 0.606. The van der Waals surface area contributed by atoms with Crippen LogP contribution in [0.1, 0.15) is 16.8 Å². The van der Waals surface area contributed by atoms with Crippen LogP contribution in [0.25, 0.3) is 0 Å². The Bertz CT molecular complexity index is 631. The number of nitrogens with zero attached hydrogens (tertiary/aromatic N) is 2. The molecule has 1 fully saturated rings. The quantitative estimate of drug-likeness (QED) is 0.445. The Morgan fingerprint density at radius 1 is 1.52 bits per heavy atom. The van der Waals surface area contributed by atoms with Crippen LogP contribution >= 0.6 is 11.8 Å². The molecule has 9 heteroatoms. The molecule has 1 aliphatic heterocycles. The monoisotopic (exact) mass is 338 g/mol. The van der Waals surface area contributed by atoms with Gasteiger partial charge in [0.25, 0.3) is 5.69 Å². The molecular weight excluding hydrogens is 320 g/mol. The Morgan fingerprint density at radius 3 is 2.83 bits per heavy atom. The van der Waals surface area contributed by atoms with Gasteiger partial charge in [0.1, 0.15) is 0 Å². The molecule has 0 spiro atoms. The normalized spacial score (nSPS) is 17.0. The number of nitrogens with two attached hydrogens (primary N) is 1. The summed E-state index contributed by atoms with van der Waals surface area (Å²) in [6, 6.07) is 4.18. The minimum atomic E-state index is -0.728. The molecule has 1 saturated heterocycles. The molecule has 0 bridgehead atoms. The zero-order valence-corrected chi connectivity index (χ0v) is 13.5. The number of rotatable bonds is 6. The van der Waals surface area contributed by atoms with Crippen molar-refractivity contribution < 1.29 is 14.5 Å². The number of carbonyl (C=O) groups excluding carboxylic acids is 2. The SMILES string of the molecule is CN(C(=O)CSc1ccc(C(N)=O)cc1[N+](=O)[O-])C1CCNC1. The zero-order valence-electron chi connectivity index (χ0n) is 12.7. The number of thioether (sulfide) groups is 1. The molecule has 2 rings (SSSR count). The fourth-order valence-corrected chi connectivity index (χ4v) is 3.28. The highest BCUT2D eigenvalue weighted by atomic mass is 32.2. The van der Waals surface area contributed by atoms with Crippen LogP contribution in [0.4, 0.5) is 5.69 Å². The number of likely N-dealkylation sites (N-methyl/N-ethyl adjacent to an activating group) is 1. The van der Waals surface area contributed by atoms with E-state index in [4.69, 9.17) is 5.73 Å². The summed E-state index contributed by atoms with van der Waals surface area (Å²) in [6.45, 7) is 1.65. The summed E-state index contributed by atoms with van der Waals surface area (Å²) >= 11 is 1.09. The first kappa shape index (κ1) is 17.2. The molecule has 8 nitrogen and oxygen atoms in total. The standard InChI is InChI=1S/C14H18N4O4S/c1-17(10-4-5-16-7-10)13(19)8-23-12-3-2-9(14(15)20)6-11(12)18(21)22/h2-3,6,10,16H,4-5,7-8H2,1H3,(H2,15,20). The van der Waals surface area contributed by atoms with Crippen molar-refractivity contribution >= 4 is 29.3 Å². The van der Waals surface area contributed by atoms with Crippen molar-refractivity contribution in [3.8, 4) is 0 Å². The van der Waals surface area contributed by atoms with E-state index < -0.39 is 10.8 Å². The molecular formula is C14H18N4O4S. The second-order valence-electron chi connectivity index (χ2n) is 5.24. The van der Waals surface area contributed by atoms with E-state index in [1.807, 2.05) is 0 Å². The van der Waals surface area contributed by atoms with Crippen LogP contribution in [0.3, 0.4) is 0 Å². The first-order chi connectivity index (χ1) is 10.9. The lowest BCUT2D eigenvalue weighted by atomic mass is 10.2. The van der Waals surface area contributed by atoms with E-state index in [1.165, 1.54) is 12.1 Å². The van der Waals surface area contributed by atoms with Crippen LogP contribution in [0.2, 0.25) is 0 Å². The van der Waals surface area contributed by atoms with Crippen molar-refractivity contribution in [2.24, 2.45) is 5.73 Å². The molecule has 0 saturated carbocycles. The summed E-state index contributed by atoms with van der Waals surface area (Å²) in [4.78, 5) is 35.9. The van der Waals surface area contributed by atoms with Gasteiger partial charge in [-0.05, 0) is 25.1 Å². The lowest BCUT2D eigenvalue weighted by Gasteiger charge is -2.23. The van der Waals surface area contributed by atoms with Crippen LogP contribution in [0, 0.1) is 10.1 Å².